The van der Waals surface area contributed by atoms with Crippen LogP contribution in [0.4, 0.5) is 5.13 Å². The molecular formula is C13H20N4O2S2. The molecule has 21 heavy (non-hydrogen) atoms. The van der Waals surface area contributed by atoms with Gasteiger partial charge in [-0.15, -0.1) is 10.2 Å². The molecule has 116 valence electrons. The van der Waals surface area contributed by atoms with Crippen molar-refractivity contribution in [3.63, 3.8) is 0 Å². The van der Waals surface area contributed by atoms with E-state index in [4.69, 9.17) is 0 Å². The van der Waals surface area contributed by atoms with Gasteiger partial charge in [0.15, 0.2) is 4.34 Å². The van der Waals surface area contributed by atoms with Gasteiger partial charge in [-0.2, -0.15) is 0 Å². The number of hydrogen-bond acceptors (Lipinski definition) is 6. The summed E-state index contributed by atoms with van der Waals surface area (Å²) in [4.78, 5) is 25.5. The van der Waals surface area contributed by atoms with Crippen molar-refractivity contribution in [1.82, 2.24) is 15.1 Å². The molecule has 6 nitrogen and oxygen atoms in total. The van der Waals surface area contributed by atoms with E-state index in [1.54, 1.807) is 4.90 Å². The van der Waals surface area contributed by atoms with Gasteiger partial charge < -0.3 is 10.2 Å². The Morgan fingerprint density at radius 3 is 2.62 bits per heavy atom. The second-order valence-corrected chi connectivity index (χ2v) is 7.04. The van der Waals surface area contributed by atoms with Gasteiger partial charge >= 0.3 is 0 Å². The standard InChI is InChI=1S/C13H20N4O2S2/c1-3-17(4-2)10(18)8-20-13-16-15-12(21-13)14-11(19)9-6-5-7-9/h9H,3-8H2,1-2H3,(H,14,15,19). The second kappa shape index (κ2) is 7.74. The number of amides is 2. The number of hydrogen-bond donors (Lipinski definition) is 1. The quantitative estimate of drug-likeness (QED) is 0.614. The Bertz CT molecular complexity index is 498. The van der Waals surface area contributed by atoms with E-state index in [0.717, 1.165) is 19.3 Å². The maximum absolute atomic E-state index is 11.9. The third-order valence-electron chi connectivity index (χ3n) is 3.55. The fraction of sp³-hybridized carbons (Fsp3) is 0.692. The Balaban J connectivity index is 1.80. The molecule has 0 saturated heterocycles. The highest BCUT2D eigenvalue weighted by atomic mass is 32.2. The lowest BCUT2D eigenvalue weighted by molar-refractivity contribution is -0.128. The lowest BCUT2D eigenvalue weighted by Gasteiger charge is -2.23. The lowest BCUT2D eigenvalue weighted by atomic mass is 9.85. The van der Waals surface area contributed by atoms with Gasteiger partial charge in [0.05, 0.1) is 5.75 Å². The average molecular weight is 328 g/mol. The molecule has 1 N–H and O–H groups in total. The molecule has 2 rings (SSSR count). The molecule has 1 aromatic rings. The minimum Gasteiger partial charge on any atom is -0.343 e. The van der Waals surface area contributed by atoms with E-state index in [1.807, 2.05) is 13.8 Å². The van der Waals surface area contributed by atoms with Gasteiger partial charge in [0.2, 0.25) is 16.9 Å². The third-order valence-corrected chi connectivity index (χ3v) is 5.50. The first-order valence-electron chi connectivity index (χ1n) is 7.19. The number of aromatic nitrogens is 2. The van der Waals surface area contributed by atoms with Crippen LogP contribution in [-0.4, -0.2) is 45.8 Å². The molecule has 0 bridgehead atoms. The molecule has 1 aliphatic carbocycles. The zero-order chi connectivity index (χ0) is 15.2. The predicted molar refractivity (Wildman–Crippen MR) is 84.5 cm³/mol. The van der Waals surface area contributed by atoms with E-state index in [-0.39, 0.29) is 17.7 Å². The Morgan fingerprint density at radius 2 is 2.05 bits per heavy atom. The van der Waals surface area contributed by atoms with Crippen molar-refractivity contribution in [2.75, 3.05) is 24.2 Å². The van der Waals surface area contributed by atoms with E-state index in [9.17, 15) is 9.59 Å². The highest BCUT2D eigenvalue weighted by molar-refractivity contribution is 8.01. The van der Waals surface area contributed by atoms with Crippen molar-refractivity contribution < 1.29 is 9.59 Å². The van der Waals surface area contributed by atoms with Crippen LogP contribution in [0.15, 0.2) is 4.34 Å². The fourth-order valence-electron chi connectivity index (χ4n) is 1.99. The summed E-state index contributed by atoms with van der Waals surface area (Å²) in [7, 11) is 0. The molecule has 0 aliphatic heterocycles. The zero-order valence-electron chi connectivity index (χ0n) is 12.3. The van der Waals surface area contributed by atoms with Gasteiger partial charge in [0.1, 0.15) is 0 Å². The topological polar surface area (TPSA) is 75.2 Å². The Labute approximate surface area is 132 Å². The Hall–Kier alpha value is -1.15. The number of carbonyl (C=O) groups excluding carboxylic acids is 2. The van der Waals surface area contributed by atoms with Crippen LogP contribution in [0, 0.1) is 5.92 Å². The third kappa shape index (κ3) is 4.41. The van der Waals surface area contributed by atoms with Crippen LogP contribution < -0.4 is 5.32 Å². The van der Waals surface area contributed by atoms with Crippen molar-refractivity contribution in [3.8, 4) is 0 Å². The molecule has 0 radical (unpaired) electrons. The van der Waals surface area contributed by atoms with E-state index >= 15 is 0 Å². The first-order chi connectivity index (χ1) is 10.1. The molecule has 0 unspecified atom stereocenters. The van der Waals surface area contributed by atoms with Crippen LogP contribution >= 0.6 is 23.1 Å². The molecule has 0 spiro atoms. The molecule has 1 aliphatic rings. The van der Waals surface area contributed by atoms with Crippen molar-refractivity contribution in [3.05, 3.63) is 0 Å². The fourth-order valence-corrected chi connectivity index (χ4v) is 3.65. The minimum absolute atomic E-state index is 0.0353. The molecule has 0 aromatic carbocycles. The van der Waals surface area contributed by atoms with E-state index in [0.29, 0.717) is 28.3 Å². The molecular weight excluding hydrogens is 308 g/mol. The van der Waals surface area contributed by atoms with Crippen molar-refractivity contribution in [1.29, 1.82) is 0 Å². The highest BCUT2D eigenvalue weighted by Crippen LogP contribution is 2.30. The van der Waals surface area contributed by atoms with Crippen LogP contribution in [0.5, 0.6) is 0 Å². The maximum atomic E-state index is 11.9. The van der Waals surface area contributed by atoms with Crippen LogP contribution in [-0.2, 0) is 9.59 Å². The summed E-state index contributed by atoms with van der Waals surface area (Å²) >= 11 is 2.69. The van der Waals surface area contributed by atoms with Gasteiger partial charge in [-0.25, -0.2) is 0 Å². The molecule has 2 amide bonds. The molecule has 1 heterocycles. The summed E-state index contributed by atoms with van der Waals surface area (Å²) < 4.78 is 0.708. The van der Waals surface area contributed by atoms with E-state index in [1.165, 1.54) is 23.1 Å². The van der Waals surface area contributed by atoms with Crippen molar-refractivity contribution in [2.24, 2.45) is 5.92 Å². The van der Waals surface area contributed by atoms with Gasteiger partial charge in [-0.3, -0.25) is 9.59 Å². The monoisotopic (exact) mass is 328 g/mol. The number of nitrogens with one attached hydrogen (secondary N) is 1. The molecule has 0 atom stereocenters. The van der Waals surface area contributed by atoms with Gasteiger partial charge in [0.25, 0.3) is 0 Å². The summed E-state index contributed by atoms with van der Waals surface area (Å²) in [5, 5.41) is 11.3. The second-order valence-electron chi connectivity index (χ2n) is 4.84. The van der Waals surface area contributed by atoms with Crippen LogP contribution in [0.1, 0.15) is 33.1 Å². The maximum Gasteiger partial charge on any atom is 0.233 e. The number of nitrogens with zero attached hydrogens (tertiary/aromatic N) is 3. The van der Waals surface area contributed by atoms with Gasteiger partial charge in [0, 0.05) is 19.0 Å². The van der Waals surface area contributed by atoms with Crippen LogP contribution in [0.2, 0.25) is 0 Å². The largest absolute Gasteiger partial charge is 0.343 e. The van der Waals surface area contributed by atoms with Crippen molar-refractivity contribution >= 4 is 40.0 Å². The van der Waals surface area contributed by atoms with E-state index in [2.05, 4.69) is 15.5 Å². The number of carbonyl (C=O) groups is 2. The summed E-state index contributed by atoms with van der Waals surface area (Å²) in [6.07, 6.45) is 3.05. The van der Waals surface area contributed by atoms with Gasteiger partial charge in [-0.1, -0.05) is 29.5 Å². The number of anilines is 1. The normalized spacial score (nSPS) is 14.6. The number of thioether (sulfide) groups is 1. The van der Waals surface area contributed by atoms with Crippen LogP contribution in [0.3, 0.4) is 0 Å². The lowest BCUT2D eigenvalue weighted by Crippen LogP contribution is -2.31. The summed E-state index contributed by atoms with van der Waals surface area (Å²) in [6.45, 7) is 5.36. The average Bonchev–Trinajstić information content (AvgIpc) is 2.83. The molecule has 1 fully saturated rings. The summed E-state index contributed by atoms with van der Waals surface area (Å²) in [6, 6.07) is 0. The SMILES string of the molecule is CCN(CC)C(=O)CSc1nnc(NC(=O)C2CCC2)s1. The highest BCUT2D eigenvalue weighted by Gasteiger charge is 2.26. The van der Waals surface area contributed by atoms with Crippen LogP contribution in [0.25, 0.3) is 0 Å². The Morgan fingerprint density at radius 1 is 1.33 bits per heavy atom. The first-order valence-corrected chi connectivity index (χ1v) is 8.99. The van der Waals surface area contributed by atoms with Gasteiger partial charge in [-0.05, 0) is 26.7 Å². The zero-order valence-corrected chi connectivity index (χ0v) is 13.9. The molecule has 1 saturated carbocycles. The number of rotatable bonds is 7. The predicted octanol–water partition coefficient (Wildman–Crippen LogP) is 2.24. The summed E-state index contributed by atoms with van der Waals surface area (Å²) in [5.41, 5.74) is 0. The first kappa shape index (κ1) is 16.2. The van der Waals surface area contributed by atoms with E-state index < -0.39 is 0 Å². The summed E-state index contributed by atoms with van der Waals surface area (Å²) in [5.74, 6) is 0.620. The van der Waals surface area contributed by atoms with Crippen molar-refractivity contribution in [2.45, 2.75) is 37.4 Å². The Kier molecular flexibility index (Phi) is 5.98. The smallest absolute Gasteiger partial charge is 0.233 e. The molecule has 8 heteroatoms. The minimum atomic E-state index is 0.0353. The molecule has 1 aromatic heterocycles.